The number of piperazine rings is 1. The van der Waals surface area contributed by atoms with Crippen LogP contribution in [0.25, 0.3) is 0 Å². The Kier molecular flexibility index (Phi) is 4.76. The van der Waals surface area contributed by atoms with E-state index in [1.807, 2.05) is 23.1 Å². The van der Waals surface area contributed by atoms with Gasteiger partial charge in [0.1, 0.15) is 5.82 Å². The molecule has 0 aliphatic carbocycles. The molecule has 24 heavy (non-hydrogen) atoms. The molecule has 0 saturated carbocycles. The zero-order chi connectivity index (χ0) is 17.1. The quantitative estimate of drug-likeness (QED) is 0.935. The number of aromatic nitrogens is 1. The first-order valence-corrected chi connectivity index (χ1v) is 7.98. The van der Waals surface area contributed by atoms with Crippen molar-refractivity contribution in [3.05, 3.63) is 59.7 Å². The summed E-state index contributed by atoms with van der Waals surface area (Å²) in [5.41, 5.74) is 1.64. The van der Waals surface area contributed by atoms with Gasteiger partial charge in [-0.2, -0.15) is 0 Å². The molecule has 1 N–H and O–H groups in total. The molecule has 126 valence electrons. The van der Waals surface area contributed by atoms with Gasteiger partial charge in [0.25, 0.3) is 0 Å². The fourth-order valence-electron chi connectivity index (χ4n) is 3.06. The van der Waals surface area contributed by atoms with Crippen LogP contribution in [0.2, 0.25) is 0 Å². The van der Waals surface area contributed by atoms with Crippen molar-refractivity contribution in [2.24, 2.45) is 0 Å². The highest BCUT2D eigenvalue weighted by molar-refractivity contribution is 5.88. The smallest absolute Gasteiger partial charge is 0.335 e. The summed E-state index contributed by atoms with van der Waals surface area (Å²) in [6.07, 6.45) is 1.79. The standard InChI is InChI=1S/C18H20FN3O2/c1-13(17-4-2-3-5-20-17)21-6-8-22(9-7-21)16-11-14(18(23)24)10-15(19)12-16/h2-5,10-13H,6-9H2,1H3,(H,23,24). The van der Waals surface area contributed by atoms with Gasteiger partial charge in [-0.3, -0.25) is 9.88 Å². The predicted octanol–water partition coefficient (Wildman–Crippen LogP) is 2.80. The van der Waals surface area contributed by atoms with Gasteiger partial charge in [-0.1, -0.05) is 6.07 Å². The lowest BCUT2D eigenvalue weighted by Gasteiger charge is -2.39. The summed E-state index contributed by atoms with van der Waals surface area (Å²) in [6, 6.07) is 10.1. The van der Waals surface area contributed by atoms with E-state index in [0.717, 1.165) is 37.9 Å². The minimum atomic E-state index is -1.11. The number of benzene rings is 1. The Morgan fingerprint density at radius 2 is 1.96 bits per heavy atom. The SMILES string of the molecule is CC(c1ccccn1)N1CCN(c2cc(F)cc(C(=O)O)c2)CC1. The van der Waals surface area contributed by atoms with E-state index in [1.54, 1.807) is 6.20 Å². The van der Waals surface area contributed by atoms with Crippen LogP contribution in [-0.4, -0.2) is 47.1 Å². The summed E-state index contributed by atoms with van der Waals surface area (Å²) in [5.74, 6) is -1.63. The number of rotatable bonds is 4. The number of nitrogens with zero attached hydrogens (tertiary/aromatic N) is 3. The molecule has 0 amide bonds. The molecule has 3 rings (SSSR count). The molecule has 6 heteroatoms. The molecule has 1 unspecified atom stereocenters. The van der Waals surface area contributed by atoms with E-state index in [0.29, 0.717) is 5.69 Å². The molecule has 0 spiro atoms. The number of halogens is 1. The van der Waals surface area contributed by atoms with Crippen LogP contribution < -0.4 is 4.90 Å². The van der Waals surface area contributed by atoms with Gasteiger partial charge in [0, 0.05) is 44.1 Å². The third-order valence-electron chi connectivity index (χ3n) is 4.47. The average Bonchev–Trinajstić information content (AvgIpc) is 2.61. The molecule has 2 aromatic rings. The lowest BCUT2D eigenvalue weighted by Crippen LogP contribution is -2.47. The minimum Gasteiger partial charge on any atom is -0.478 e. The fraction of sp³-hybridized carbons (Fsp3) is 0.333. The Morgan fingerprint density at radius 3 is 2.58 bits per heavy atom. The third-order valence-corrected chi connectivity index (χ3v) is 4.47. The molecule has 1 aliphatic heterocycles. The lowest BCUT2D eigenvalue weighted by molar-refractivity contribution is 0.0696. The molecule has 1 saturated heterocycles. The molecule has 1 aromatic heterocycles. The zero-order valence-corrected chi connectivity index (χ0v) is 13.5. The summed E-state index contributed by atoms with van der Waals surface area (Å²) in [4.78, 5) is 19.8. The first-order valence-electron chi connectivity index (χ1n) is 7.98. The second-order valence-electron chi connectivity index (χ2n) is 5.96. The van der Waals surface area contributed by atoms with Crippen molar-refractivity contribution < 1.29 is 14.3 Å². The number of anilines is 1. The molecule has 1 aliphatic rings. The van der Waals surface area contributed by atoms with Crippen molar-refractivity contribution in [1.29, 1.82) is 0 Å². The van der Waals surface area contributed by atoms with Crippen LogP contribution >= 0.6 is 0 Å². The summed E-state index contributed by atoms with van der Waals surface area (Å²) in [6.45, 7) is 5.20. The summed E-state index contributed by atoms with van der Waals surface area (Å²) in [7, 11) is 0. The largest absolute Gasteiger partial charge is 0.478 e. The first-order chi connectivity index (χ1) is 11.5. The molecule has 5 nitrogen and oxygen atoms in total. The van der Waals surface area contributed by atoms with Gasteiger partial charge >= 0.3 is 5.97 Å². The number of carboxylic acid groups (broad SMARTS) is 1. The lowest BCUT2D eigenvalue weighted by atomic mass is 10.1. The number of aromatic carboxylic acids is 1. The molecular formula is C18H20FN3O2. The van der Waals surface area contributed by atoms with Gasteiger partial charge < -0.3 is 10.0 Å². The second kappa shape index (κ2) is 6.97. The van der Waals surface area contributed by atoms with Crippen LogP contribution in [0.15, 0.2) is 42.6 Å². The summed E-state index contributed by atoms with van der Waals surface area (Å²) < 4.78 is 13.7. The maximum atomic E-state index is 13.7. The number of hydrogen-bond donors (Lipinski definition) is 1. The normalized spacial score (nSPS) is 16.8. The Morgan fingerprint density at radius 1 is 1.21 bits per heavy atom. The van der Waals surface area contributed by atoms with E-state index >= 15 is 0 Å². The third kappa shape index (κ3) is 3.54. The van der Waals surface area contributed by atoms with Crippen molar-refractivity contribution in [3.8, 4) is 0 Å². The van der Waals surface area contributed by atoms with Crippen molar-refractivity contribution in [3.63, 3.8) is 0 Å². The number of carbonyl (C=O) groups is 1. The van der Waals surface area contributed by atoms with E-state index in [2.05, 4.69) is 16.8 Å². The Balaban J connectivity index is 1.68. The van der Waals surface area contributed by atoms with E-state index in [4.69, 9.17) is 5.11 Å². The molecule has 0 radical (unpaired) electrons. The Bertz CT molecular complexity index is 715. The van der Waals surface area contributed by atoms with Crippen molar-refractivity contribution >= 4 is 11.7 Å². The van der Waals surface area contributed by atoms with Crippen molar-refractivity contribution in [1.82, 2.24) is 9.88 Å². The van der Waals surface area contributed by atoms with Crippen molar-refractivity contribution in [2.75, 3.05) is 31.1 Å². The van der Waals surface area contributed by atoms with Gasteiger partial charge in [-0.05, 0) is 37.3 Å². The van der Waals surface area contributed by atoms with Crippen LogP contribution in [0.1, 0.15) is 29.0 Å². The van der Waals surface area contributed by atoms with E-state index < -0.39 is 11.8 Å². The Hall–Kier alpha value is -2.47. The number of pyridine rings is 1. The second-order valence-corrected chi connectivity index (χ2v) is 5.96. The molecule has 0 bridgehead atoms. The van der Waals surface area contributed by atoms with Crippen LogP contribution in [0, 0.1) is 5.82 Å². The topological polar surface area (TPSA) is 56.7 Å². The van der Waals surface area contributed by atoms with Gasteiger partial charge in [-0.25, -0.2) is 9.18 Å². The molecule has 1 aromatic carbocycles. The molecule has 1 atom stereocenters. The maximum Gasteiger partial charge on any atom is 0.335 e. The maximum absolute atomic E-state index is 13.7. The summed E-state index contributed by atoms with van der Waals surface area (Å²) >= 11 is 0. The average molecular weight is 329 g/mol. The highest BCUT2D eigenvalue weighted by Crippen LogP contribution is 2.24. The van der Waals surface area contributed by atoms with E-state index in [1.165, 1.54) is 12.1 Å². The van der Waals surface area contributed by atoms with Crippen LogP contribution in [0.5, 0.6) is 0 Å². The van der Waals surface area contributed by atoms with E-state index in [-0.39, 0.29) is 11.6 Å². The van der Waals surface area contributed by atoms with Gasteiger partial charge in [0.05, 0.1) is 11.3 Å². The highest BCUT2D eigenvalue weighted by atomic mass is 19.1. The highest BCUT2D eigenvalue weighted by Gasteiger charge is 2.23. The Labute approximate surface area is 140 Å². The molecule has 2 heterocycles. The van der Waals surface area contributed by atoms with Gasteiger partial charge in [-0.15, -0.1) is 0 Å². The van der Waals surface area contributed by atoms with Crippen LogP contribution in [0.3, 0.4) is 0 Å². The predicted molar refractivity (Wildman–Crippen MR) is 89.8 cm³/mol. The van der Waals surface area contributed by atoms with Gasteiger partial charge in [0.2, 0.25) is 0 Å². The zero-order valence-electron chi connectivity index (χ0n) is 13.5. The molecular weight excluding hydrogens is 309 g/mol. The monoisotopic (exact) mass is 329 g/mol. The number of hydrogen-bond acceptors (Lipinski definition) is 4. The van der Waals surface area contributed by atoms with E-state index in [9.17, 15) is 9.18 Å². The number of carboxylic acids is 1. The summed E-state index contributed by atoms with van der Waals surface area (Å²) in [5, 5.41) is 9.07. The van der Waals surface area contributed by atoms with Crippen LogP contribution in [-0.2, 0) is 0 Å². The minimum absolute atomic E-state index is 0.0192. The van der Waals surface area contributed by atoms with Gasteiger partial charge in [0.15, 0.2) is 0 Å². The molecule has 1 fully saturated rings. The van der Waals surface area contributed by atoms with Crippen LogP contribution in [0.4, 0.5) is 10.1 Å². The fourth-order valence-corrected chi connectivity index (χ4v) is 3.06. The van der Waals surface area contributed by atoms with Crippen molar-refractivity contribution in [2.45, 2.75) is 13.0 Å². The first kappa shape index (κ1) is 16.4.